The third kappa shape index (κ3) is 3.93. The molecule has 0 radical (unpaired) electrons. The molecule has 0 amide bonds. The van der Waals surface area contributed by atoms with Gasteiger partial charge in [0.25, 0.3) is 0 Å². The Bertz CT molecular complexity index is 789. The van der Waals surface area contributed by atoms with Gasteiger partial charge in [0.05, 0.1) is 6.04 Å². The molecule has 0 bridgehead atoms. The highest BCUT2D eigenvalue weighted by Gasteiger charge is 2.33. The van der Waals surface area contributed by atoms with Crippen LogP contribution in [0.1, 0.15) is 17.2 Å². The first-order chi connectivity index (χ1) is 11.6. The molecule has 24 heavy (non-hydrogen) atoms. The fraction of sp³-hybridized carbons (Fsp3) is 0.263. The highest BCUT2D eigenvalue weighted by atomic mass is 32.2. The molecule has 2 aromatic rings. The lowest BCUT2D eigenvalue weighted by Crippen LogP contribution is -2.48. The summed E-state index contributed by atoms with van der Waals surface area (Å²) in [5, 5.41) is 1.32. The third-order valence-corrected chi connectivity index (χ3v) is 5.85. The molecule has 0 unspecified atom stereocenters. The van der Waals surface area contributed by atoms with Crippen LogP contribution in [0.15, 0.2) is 66.1 Å². The van der Waals surface area contributed by atoms with Crippen LogP contribution in [0.25, 0.3) is 6.08 Å². The van der Waals surface area contributed by atoms with Gasteiger partial charge in [0.2, 0.25) is 10.0 Å². The zero-order valence-electron chi connectivity index (χ0n) is 13.7. The van der Waals surface area contributed by atoms with E-state index in [1.807, 2.05) is 67.7 Å². The second-order valence-electron chi connectivity index (χ2n) is 6.06. The lowest BCUT2D eigenvalue weighted by molar-refractivity contribution is 0.162. The first-order valence-corrected chi connectivity index (χ1v) is 9.55. The Labute approximate surface area is 144 Å². The van der Waals surface area contributed by atoms with Crippen molar-refractivity contribution in [3.8, 4) is 0 Å². The van der Waals surface area contributed by atoms with Crippen molar-refractivity contribution in [2.24, 2.45) is 0 Å². The van der Waals surface area contributed by atoms with Crippen LogP contribution in [0.4, 0.5) is 0 Å². The number of hydrogen-bond acceptors (Lipinski definition) is 3. The van der Waals surface area contributed by atoms with Crippen LogP contribution in [-0.2, 0) is 10.0 Å². The maximum atomic E-state index is 12.9. The molecule has 126 valence electrons. The fourth-order valence-corrected chi connectivity index (χ4v) is 4.33. The van der Waals surface area contributed by atoms with Crippen LogP contribution >= 0.6 is 0 Å². The zero-order chi connectivity index (χ0) is 17.0. The standard InChI is InChI=1S/C19H22N2O2S/c1-20-13-14-21(19(16-20)18-10-6-3-7-11-18)24(22,23)15-12-17-8-4-2-5-9-17/h2-12,15,19H,13-14,16H2,1H3/b15-12+/t19-/m0/s1. The van der Waals surface area contributed by atoms with Gasteiger partial charge >= 0.3 is 0 Å². The summed E-state index contributed by atoms with van der Waals surface area (Å²) in [6, 6.07) is 19.2. The molecule has 0 N–H and O–H groups in total. The lowest BCUT2D eigenvalue weighted by atomic mass is 10.1. The topological polar surface area (TPSA) is 40.6 Å². The van der Waals surface area contributed by atoms with E-state index in [9.17, 15) is 8.42 Å². The molecule has 0 aliphatic carbocycles. The monoisotopic (exact) mass is 342 g/mol. The Morgan fingerprint density at radius 2 is 1.58 bits per heavy atom. The van der Waals surface area contributed by atoms with Crippen molar-refractivity contribution in [3.05, 3.63) is 77.2 Å². The van der Waals surface area contributed by atoms with Crippen molar-refractivity contribution in [2.75, 3.05) is 26.7 Å². The molecule has 0 aromatic heterocycles. The van der Waals surface area contributed by atoms with Gasteiger partial charge < -0.3 is 4.90 Å². The maximum Gasteiger partial charge on any atom is 0.236 e. The molecule has 2 aromatic carbocycles. The van der Waals surface area contributed by atoms with E-state index in [-0.39, 0.29) is 6.04 Å². The van der Waals surface area contributed by atoms with E-state index >= 15 is 0 Å². The van der Waals surface area contributed by atoms with Crippen LogP contribution in [-0.4, -0.2) is 44.3 Å². The number of benzene rings is 2. The van der Waals surface area contributed by atoms with Crippen molar-refractivity contribution in [1.82, 2.24) is 9.21 Å². The number of rotatable bonds is 4. The number of sulfonamides is 1. The number of nitrogens with zero attached hydrogens (tertiary/aromatic N) is 2. The summed E-state index contributed by atoms with van der Waals surface area (Å²) in [7, 11) is -1.45. The van der Waals surface area contributed by atoms with Crippen LogP contribution in [0.3, 0.4) is 0 Å². The minimum absolute atomic E-state index is 0.157. The number of piperazine rings is 1. The van der Waals surface area contributed by atoms with E-state index in [1.165, 1.54) is 5.41 Å². The quantitative estimate of drug-likeness (QED) is 0.858. The van der Waals surface area contributed by atoms with Gasteiger partial charge in [-0.3, -0.25) is 0 Å². The van der Waals surface area contributed by atoms with Crippen molar-refractivity contribution >= 4 is 16.1 Å². The number of likely N-dealkylation sites (N-methyl/N-ethyl adjacent to an activating group) is 1. The van der Waals surface area contributed by atoms with Crippen LogP contribution in [0.2, 0.25) is 0 Å². The Morgan fingerprint density at radius 1 is 0.958 bits per heavy atom. The molecule has 1 fully saturated rings. The van der Waals surface area contributed by atoms with Crippen LogP contribution in [0, 0.1) is 0 Å². The van der Waals surface area contributed by atoms with Crippen molar-refractivity contribution in [3.63, 3.8) is 0 Å². The van der Waals surface area contributed by atoms with E-state index in [4.69, 9.17) is 0 Å². The summed E-state index contributed by atoms with van der Waals surface area (Å²) in [6.07, 6.45) is 1.66. The average Bonchev–Trinajstić information content (AvgIpc) is 2.61. The molecular weight excluding hydrogens is 320 g/mol. The van der Waals surface area contributed by atoms with Crippen molar-refractivity contribution in [1.29, 1.82) is 0 Å². The van der Waals surface area contributed by atoms with Gasteiger partial charge in [0.1, 0.15) is 0 Å². The Hall–Kier alpha value is -1.95. The molecule has 5 heteroatoms. The molecule has 1 atom stereocenters. The number of hydrogen-bond donors (Lipinski definition) is 0. The van der Waals surface area contributed by atoms with E-state index in [1.54, 1.807) is 10.4 Å². The van der Waals surface area contributed by atoms with Gasteiger partial charge in [0, 0.05) is 25.0 Å². The second-order valence-corrected chi connectivity index (χ2v) is 7.83. The zero-order valence-corrected chi connectivity index (χ0v) is 14.6. The summed E-state index contributed by atoms with van der Waals surface area (Å²) >= 11 is 0. The predicted molar refractivity (Wildman–Crippen MR) is 97.8 cm³/mol. The Kier molecular flexibility index (Phi) is 5.14. The third-order valence-electron chi connectivity index (χ3n) is 4.28. The van der Waals surface area contributed by atoms with E-state index in [2.05, 4.69) is 4.90 Å². The highest BCUT2D eigenvalue weighted by molar-refractivity contribution is 7.92. The maximum absolute atomic E-state index is 12.9. The van der Waals surface area contributed by atoms with Gasteiger partial charge in [-0.05, 0) is 24.3 Å². The van der Waals surface area contributed by atoms with E-state index in [0.717, 1.165) is 17.7 Å². The minimum atomic E-state index is -3.48. The highest BCUT2D eigenvalue weighted by Crippen LogP contribution is 2.28. The molecule has 1 aliphatic heterocycles. The average molecular weight is 342 g/mol. The van der Waals surface area contributed by atoms with Crippen LogP contribution in [0.5, 0.6) is 0 Å². The fourth-order valence-electron chi connectivity index (χ4n) is 2.96. The van der Waals surface area contributed by atoms with Crippen molar-refractivity contribution in [2.45, 2.75) is 6.04 Å². The predicted octanol–water partition coefficient (Wildman–Crippen LogP) is 2.98. The summed E-state index contributed by atoms with van der Waals surface area (Å²) in [5.41, 5.74) is 1.91. The molecule has 1 saturated heterocycles. The molecule has 1 aliphatic rings. The summed E-state index contributed by atoms with van der Waals surface area (Å²) < 4.78 is 27.4. The summed E-state index contributed by atoms with van der Waals surface area (Å²) in [5.74, 6) is 0. The SMILES string of the molecule is CN1CCN(S(=O)(=O)/C=C/c2ccccc2)[C@H](c2ccccc2)C1. The molecule has 4 nitrogen and oxygen atoms in total. The van der Waals surface area contributed by atoms with Gasteiger partial charge in [-0.25, -0.2) is 8.42 Å². The van der Waals surface area contributed by atoms with Gasteiger partial charge in [-0.2, -0.15) is 4.31 Å². The van der Waals surface area contributed by atoms with Crippen molar-refractivity contribution < 1.29 is 8.42 Å². The van der Waals surface area contributed by atoms with Gasteiger partial charge in [-0.15, -0.1) is 0 Å². The lowest BCUT2D eigenvalue weighted by Gasteiger charge is -2.38. The molecule has 3 rings (SSSR count). The first kappa shape index (κ1) is 16.9. The van der Waals surface area contributed by atoms with E-state index < -0.39 is 10.0 Å². The first-order valence-electron chi connectivity index (χ1n) is 8.05. The summed E-state index contributed by atoms with van der Waals surface area (Å²) in [4.78, 5) is 2.17. The van der Waals surface area contributed by atoms with Gasteiger partial charge in [0.15, 0.2) is 0 Å². The molecule has 1 heterocycles. The normalized spacial score (nSPS) is 20.5. The molecule has 0 saturated carbocycles. The molecular formula is C19H22N2O2S. The largest absolute Gasteiger partial charge is 0.303 e. The van der Waals surface area contributed by atoms with Gasteiger partial charge in [-0.1, -0.05) is 60.7 Å². The molecule has 0 spiro atoms. The summed E-state index contributed by atoms with van der Waals surface area (Å²) in [6.45, 7) is 1.93. The minimum Gasteiger partial charge on any atom is -0.303 e. The van der Waals surface area contributed by atoms with Crippen LogP contribution < -0.4 is 0 Å². The van der Waals surface area contributed by atoms with E-state index in [0.29, 0.717) is 13.1 Å². The Balaban J connectivity index is 1.88. The Morgan fingerprint density at radius 3 is 2.25 bits per heavy atom. The smallest absolute Gasteiger partial charge is 0.236 e. The second kappa shape index (κ2) is 7.30.